The van der Waals surface area contributed by atoms with E-state index in [-0.39, 0.29) is 16.5 Å². The van der Waals surface area contributed by atoms with Gasteiger partial charge in [0.25, 0.3) is 11.6 Å². The molecule has 34 heavy (non-hydrogen) atoms. The Kier molecular flexibility index (Phi) is 5.78. The zero-order valence-corrected chi connectivity index (χ0v) is 18.3. The summed E-state index contributed by atoms with van der Waals surface area (Å²) < 4.78 is 5.99. The van der Waals surface area contributed by atoms with E-state index < -0.39 is 0 Å². The average molecular weight is 454 g/mol. The Morgan fingerprint density at radius 2 is 1.56 bits per heavy atom. The minimum Gasteiger partial charge on any atom is -0.436 e. The van der Waals surface area contributed by atoms with Crippen molar-refractivity contribution in [2.45, 2.75) is 0 Å². The molecule has 1 aliphatic heterocycles. The van der Waals surface area contributed by atoms with Crippen molar-refractivity contribution in [3.8, 4) is 22.8 Å². The van der Waals surface area contributed by atoms with Crippen LogP contribution in [0, 0.1) is 10.1 Å². The average Bonchev–Trinajstić information content (AvgIpc) is 3.39. The van der Waals surface area contributed by atoms with Crippen molar-refractivity contribution in [1.82, 2.24) is 9.88 Å². The molecule has 0 saturated carbocycles. The van der Waals surface area contributed by atoms with Crippen molar-refractivity contribution < 1.29 is 14.1 Å². The van der Waals surface area contributed by atoms with Gasteiger partial charge in [-0.1, -0.05) is 54.6 Å². The van der Waals surface area contributed by atoms with Gasteiger partial charge in [-0.25, -0.2) is 4.98 Å². The molecule has 0 spiro atoms. The summed E-state index contributed by atoms with van der Waals surface area (Å²) in [7, 11) is 0. The Labute approximate surface area is 196 Å². The van der Waals surface area contributed by atoms with Gasteiger partial charge in [0, 0.05) is 43.4 Å². The SMILES string of the molecule is O=C(c1ccccc1-c1ncc(-c2ccccc2)o1)N1CCN(c2ccccc2[N+](=O)[O-])CC1. The summed E-state index contributed by atoms with van der Waals surface area (Å²) in [5, 5.41) is 11.4. The molecule has 3 aromatic carbocycles. The van der Waals surface area contributed by atoms with Crippen LogP contribution in [0.4, 0.5) is 11.4 Å². The van der Waals surface area contributed by atoms with Crippen LogP contribution in [-0.4, -0.2) is 46.9 Å². The molecule has 2 heterocycles. The van der Waals surface area contributed by atoms with Crippen LogP contribution in [0.25, 0.3) is 22.8 Å². The van der Waals surface area contributed by atoms with Gasteiger partial charge in [0.2, 0.25) is 5.89 Å². The highest BCUT2D eigenvalue weighted by Gasteiger charge is 2.27. The number of carbonyl (C=O) groups excluding carboxylic acids is 1. The Bertz CT molecular complexity index is 1330. The third-order valence-corrected chi connectivity index (χ3v) is 5.94. The summed E-state index contributed by atoms with van der Waals surface area (Å²) in [6, 6.07) is 23.7. The molecule has 0 N–H and O–H groups in total. The molecular formula is C26H22N4O4. The fourth-order valence-corrected chi connectivity index (χ4v) is 4.20. The summed E-state index contributed by atoms with van der Waals surface area (Å²) in [5.41, 5.74) is 2.72. The molecule has 5 rings (SSSR count). The third-order valence-electron chi connectivity index (χ3n) is 5.94. The Balaban J connectivity index is 1.34. The zero-order chi connectivity index (χ0) is 23.5. The van der Waals surface area contributed by atoms with Gasteiger partial charge in [0.1, 0.15) is 5.69 Å². The van der Waals surface area contributed by atoms with Crippen LogP contribution in [0.5, 0.6) is 0 Å². The van der Waals surface area contributed by atoms with Crippen LogP contribution in [0.15, 0.2) is 89.5 Å². The fourth-order valence-electron chi connectivity index (χ4n) is 4.20. The number of hydrogen-bond donors (Lipinski definition) is 0. The van der Waals surface area contributed by atoms with Gasteiger partial charge in [-0.15, -0.1) is 0 Å². The molecule has 8 heteroatoms. The van der Waals surface area contributed by atoms with E-state index in [1.807, 2.05) is 53.4 Å². The Hall–Kier alpha value is -4.46. The highest BCUT2D eigenvalue weighted by Crippen LogP contribution is 2.31. The molecule has 170 valence electrons. The van der Waals surface area contributed by atoms with E-state index in [2.05, 4.69) is 4.98 Å². The van der Waals surface area contributed by atoms with Gasteiger partial charge in [0.05, 0.1) is 16.7 Å². The van der Waals surface area contributed by atoms with Crippen LogP contribution < -0.4 is 4.90 Å². The number of carbonyl (C=O) groups is 1. The summed E-state index contributed by atoms with van der Waals surface area (Å²) in [5.74, 6) is 0.912. The first-order valence-corrected chi connectivity index (χ1v) is 11.0. The molecule has 0 radical (unpaired) electrons. The van der Waals surface area contributed by atoms with Gasteiger partial charge >= 0.3 is 0 Å². The molecule has 1 saturated heterocycles. The van der Waals surface area contributed by atoms with Crippen LogP contribution >= 0.6 is 0 Å². The minimum atomic E-state index is -0.372. The molecule has 4 aromatic rings. The number of nitro benzene ring substituents is 1. The first-order chi connectivity index (χ1) is 16.6. The lowest BCUT2D eigenvalue weighted by molar-refractivity contribution is -0.384. The number of rotatable bonds is 5. The van der Waals surface area contributed by atoms with Crippen LogP contribution in [0.3, 0.4) is 0 Å². The molecule has 1 amide bonds. The molecule has 1 aliphatic rings. The van der Waals surface area contributed by atoms with Gasteiger partial charge in [-0.05, 0) is 18.2 Å². The minimum absolute atomic E-state index is 0.0748. The number of oxazole rings is 1. The van der Waals surface area contributed by atoms with Gasteiger partial charge < -0.3 is 14.2 Å². The van der Waals surface area contributed by atoms with Crippen LogP contribution in [0.1, 0.15) is 10.4 Å². The van der Waals surface area contributed by atoms with E-state index in [0.29, 0.717) is 54.6 Å². The van der Waals surface area contributed by atoms with Crippen molar-refractivity contribution in [2.75, 3.05) is 31.1 Å². The molecule has 1 aromatic heterocycles. The van der Waals surface area contributed by atoms with Crippen LogP contribution in [0.2, 0.25) is 0 Å². The number of nitrogens with zero attached hydrogens (tertiary/aromatic N) is 4. The first-order valence-electron chi connectivity index (χ1n) is 11.0. The second-order valence-electron chi connectivity index (χ2n) is 7.97. The van der Waals surface area contributed by atoms with Crippen LogP contribution in [-0.2, 0) is 0 Å². The summed E-state index contributed by atoms with van der Waals surface area (Å²) in [6.07, 6.45) is 1.66. The predicted octanol–water partition coefficient (Wildman–Crippen LogP) is 4.88. The van der Waals surface area contributed by atoms with Crippen molar-refractivity contribution in [3.05, 3.63) is 101 Å². The highest BCUT2D eigenvalue weighted by atomic mass is 16.6. The summed E-state index contributed by atoms with van der Waals surface area (Å²) in [6.45, 7) is 1.94. The Morgan fingerprint density at radius 1 is 0.882 bits per heavy atom. The Morgan fingerprint density at radius 3 is 2.32 bits per heavy atom. The largest absolute Gasteiger partial charge is 0.436 e. The smallest absolute Gasteiger partial charge is 0.292 e. The number of hydrogen-bond acceptors (Lipinski definition) is 6. The third kappa shape index (κ3) is 4.13. The maximum atomic E-state index is 13.4. The second-order valence-corrected chi connectivity index (χ2v) is 7.97. The summed E-state index contributed by atoms with van der Waals surface area (Å²) in [4.78, 5) is 32.6. The quantitative estimate of drug-likeness (QED) is 0.315. The predicted molar refractivity (Wildman–Crippen MR) is 129 cm³/mol. The van der Waals surface area contributed by atoms with E-state index in [1.54, 1.807) is 35.4 Å². The van der Waals surface area contributed by atoms with Crippen molar-refractivity contribution in [2.24, 2.45) is 0 Å². The number of benzene rings is 3. The number of nitro groups is 1. The number of aromatic nitrogens is 1. The second kappa shape index (κ2) is 9.19. The molecule has 1 fully saturated rings. The van der Waals surface area contributed by atoms with Crippen molar-refractivity contribution in [1.29, 1.82) is 0 Å². The van der Waals surface area contributed by atoms with Gasteiger partial charge in [-0.3, -0.25) is 14.9 Å². The lowest BCUT2D eigenvalue weighted by Gasteiger charge is -2.36. The number of anilines is 1. The summed E-state index contributed by atoms with van der Waals surface area (Å²) >= 11 is 0. The number of para-hydroxylation sites is 2. The van der Waals surface area contributed by atoms with E-state index in [9.17, 15) is 14.9 Å². The molecule has 0 atom stereocenters. The number of piperazine rings is 1. The van der Waals surface area contributed by atoms with Crippen molar-refractivity contribution in [3.63, 3.8) is 0 Å². The molecule has 0 unspecified atom stereocenters. The normalized spacial score (nSPS) is 13.6. The van der Waals surface area contributed by atoms with E-state index >= 15 is 0 Å². The van der Waals surface area contributed by atoms with E-state index in [4.69, 9.17) is 4.42 Å². The lowest BCUT2D eigenvalue weighted by atomic mass is 10.1. The highest BCUT2D eigenvalue weighted by molar-refractivity contribution is 6.00. The number of amides is 1. The maximum Gasteiger partial charge on any atom is 0.292 e. The molecule has 0 aliphatic carbocycles. The molecule has 8 nitrogen and oxygen atoms in total. The van der Waals surface area contributed by atoms with E-state index in [0.717, 1.165) is 5.56 Å². The van der Waals surface area contributed by atoms with Gasteiger partial charge in [-0.2, -0.15) is 0 Å². The monoisotopic (exact) mass is 454 g/mol. The van der Waals surface area contributed by atoms with Crippen molar-refractivity contribution >= 4 is 17.3 Å². The standard InChI is InChI=1S/C26H22N4O4/c31-26(29-16-14-28(15-17-29)22-12-6-7-13-23(22)30(32)33)21-11-5-4-10-20(21)25-27-18-24(34-25)19-8-2-1-3-9-19/h1-13,18H,14-17H2. The fraction of sp³-hybridized carbons (Fsp3) is 0.154. The lowest BCUT2D eigenvalue weighted by Crippen LogP contribution is -2.49. The van der Waals surface area contributed by atoms with Gasteiger partial charge in [0.15, 0.2) is 5.76 Å². The maximum absolute atomic E-state index is 13.4. The molecule has 0 bridgehead atoms. The zero-order valence-electron chi connectivity index (χ0n) is 18.3. The topological polar surface area (TPSA) is 92.7 Å². The first kappa shape index (κ1) is 21.4. The molecular weight excluding hydrogens is 432 g/mol. The van der Waals surface area contributed by atoms with E-state index in [1.165, 1.54) is 6.07 Å².